The number of piperazine rings is 1. The van der Waals surface area contributed by atoms with Crippen LogP contribution in [0.1, 0.15) is 17.2 Å². The first-order valence-corrected chi connectivity index (χ1v) is 11.3. The van der Waals surface area contributed by atoms with E-state index in [1.807, 2.05) is 43.3 Å². The summed E-state index contributed by atoms with van der Waals surface area (Å²) in [7, 11) is 0. The minimum absolute atomic E-state index is 0.451. The van der Waals surface area contributed by atoms with Crippen LogP contribution < -0.4 is 0 Å². The van der Waals surface area contributed by atoms with E-state index in [1.165, 1.54) is 5.56 Å². The Morgan fingerprint density at radius 2 is 1.58 bits per heavy atom. The lowest BCUT2D eigenvalue weighted by Crippen LogP contribution is -2.45. The topological polar surface area (TPSA) is 71.4 Å². The van der Waals surface area contributed by atoms with Crippen LogP contribution in [-0.2, 0) is 6.54 Å². The minimum Gasteiger partial charge on any atom is -0.419 e. The molecule has 0 unspecified atom stereocenters. The van der Waals surface area contributed by atoms with E-state index in [-0.39, 0.29) is 0 Å². The first kappa shape index (κ1) is 21.3. The molecule has 1 fully saturated rings. The van der Waals surface area contributed by atoms with Gasteiger partial charge in [0.1, 0.15) is 17.0 Å². The van der Waals surface area contributed by atoms with E-state index < -0.39 is 0 Å². The van der Waals surface area contributed by atoms with Gasteiger partial charge in [-0.3, -0.25) is 9.80 Å². The number of aromatic nitrogens is 3. The van der Waals surface area contributed by atoms with E-state index >= 15 is 0 Å². The third-order valence-corrected chi connectivity index (χ3v) is 5.89. The van der Waals surface area contributed by atoms with E-state index in [9.17, 15) is 0 Å². The van der Waals surface area contributed by atoms with Crippen molar-refractivity contribution in [1.29, 1.82) is 0 Å². The normalized spacial score (nSPS) is 15.4. The molecule has 2 aromatic carbocycles. The zero-order valence-electron chi connectivity index (χ0n) is 18.7. The van der Waals surface area contributed by atoms with Gasteiger partial charge < -0.3 is 8.94 Å². The summed E-state index contributed by atoms with van der Waals surface area (Å²) in [5.74, 6) is 1.73. The van der Waals surface area contributed by atoms with Crippen molar-refractivity contribution in [2.45, 2.75) is 13.5 Å². The van der Waals surface area contributed by atoms with Crippen molar-refractivity contribution in [3.05, 3.63) is 84.0 Å². The fourth-order valence-corrected chi connectivity index (χ4v) is 4.06. The molecule has 0 atom stereocenters. The number of aryl methyl sites for hydroxylation is 1. The number of hydrogen-bond acceptors (Lipinski definition) is 7. The first-order chi connectivity index (χ1) is 16.3. The Bertz CT molecular complexity index is 1190. The van der Waals surface area contributed by atoms with Crippen molar-refractivity contribution >= 4 is 6.08 Å². The van der Waals surface area contributed by atoms with Crippen molar-refractivity contribution in [3.8, 4) is 22.7 Å². The first-order valence-electron chi connectivity index (χ1n) is 11.3. The number of nitrogens with zero attached hydrogens (tertiary/aromatic N) is 5. The van der Waals surface area contributed by atoms with Gasteiger partial charge in [-0.1, -0.05) is 78.0 Å². The van der Waals surface area contributed by atoms with Gasteiger partial charge in [-0.15, -0.1) is 10.2 Å². The van der Waals surface area contributed by atoms with Crippen molar-refractivity contribution in [2.24, 2.45) is 0 Å². The van der Waals surface area contributed by atoms with Gasteiger partial charge in [-0.05, 0) is 12.5 Å². The molecule has 0 aliphatic carbocycles. The highest BCUT2D eigenvalue weighted by molar-refractivity contribution is 5.77. The molecule has 0 spiro atoms. The molecule has 33 heavy (non-hydrogen) atoms. The molecule has 7 heteroatoms. The summed E-state index contributed by atoms with van der Waals surface area (Å²) >= 11 is 0. The molecular weight excluding hydrogens is 414 g/mol. The van der Waals surface area contributed by atoms with Crippen molar-refractivity contribution in [3.63, 3.8) is 0 Å². The van der Waals surface area contributed by atoms with E-state index in [0.29, 0.717) is 24.1 Å². The quantitative estimate of drug-likeness (QED) is 0.417. The standard InChI is InChI=1S/C26H27N5O2/c1-20-24(25(29-33-20)22-12-6-3-7-13-22)26-28-27-23(32-26)19-31-17-15-30(16-18-31)14-8-11-21-9-4-2-5-10-21/h2-13H,14-19H2,1H3/b11-8+. The monoisotopic (exact) mass is 441 g/mol. The minimum atomic E-state index is 0.451. The van der Waals surface area contributed by atoms with Gasteiger partial charge in [-0.2, -0.15) is 0 Å². The molecule has 4 aromatic rings. The Morgan fingerprint density at radius 1 is 0.879 bits per heavy atom. The molecular formula is C26H27N5O2. The number of rotatable bonds is 7. The maximum Gasteiger partial charge on any atom is 0.253 e. The molecule has 5 rings (SSSR count). The lowest BCUT2D eigenvalue weighted by molar-refractivity contribution is 0.128. The third-order valence-electron chi connectivity index (χ3n) is 5.89. The van der Waals surface area contributed by atoms with Crippen LogP contribution in [0.4, 0.5) is 0 Å². The van der Waals surface area contributed by atoms with Gasteiger partial charge >= 0.3 is 0 Å². The summed E-state index contributed by atoms with van der Waals surface area (Å²) in [6.45, 7) is 7.45. The van der Waals surface area contributed by atoms with Crippen LogP contribution >= 0.6 is 0 Å². The average Bonchev–Trinajstić information content (AvgIpc) is 3.47. The van der Waals surface area contributed by atoms with Gasteiger partial charge in [-0.25, -0.2) is 0 Å². The maximum atomic E-state index is 6.03. The molecule has 0 radical (unpaired) electrons. The second-order valence-electron chi connectivity index (χ2n) is 8.22. The van der Waals surface area contributed by atoms with Crippen LogP contribution in [0.3, 0.4) is 0 Å². The fraction of sp³-hybridized carbons (Fsp3) is 0.269. The molecule has 2 aromatic heterocycles. The Hall–Kier alpha value is -3.55. The molecule has 1 saturated heterocycles. The Kier molecular flexibility index (Phi) is 6.41. The Labute approximate surface area is 193 Å². The van der Waals surface area contributed by atoms with Gasteiger partial charge in [0.15, 0.2) is 0 Å². The molecule has 0 saturated carbocycles. The predicted octanol–water partition coefficient (Wildman–Crippen LogP) is 4.53. The van der Waals surface area contributed by atoms with Crippen LogP contribution in [-0.4, -0.2) is 57.9 Å². The van der Waals surface area contributed by atoms with Gasteiger partial charge in [0.05, 0.1) is 6.54 Å². The van der Waals surface area contributed by atoms with Gasteiger partial charge in [0, 0.05) is 38.3 Å². The summed E-state index contributed by atoms with van der Waals surface area (Å²) in [6, 6.07) is 20.3. The van der Waals surface area contributed by atoms with Gasteiger partial charge in [0.25, 0.3) is 5.89 Å². The number of benzene rings is 2. The van der Waals surface area contributed by atoms with E-state index in [2.05, 4.69) is 61.6 Å². The average molecular weight is 442 g/mol. The molecule has 0 N–H and O–H groups in total. The van der Waals surface area contributed by atoms with Crippen molar-refractivity contribution in [1.82, 2.24) is 25.2 Å². The second-order valence-corrected chi connectivity index (χ2v) is 8.22. The van der Waals surface area contributed by atoms with E-state index in [1.54, 1.807) is 0 Å². The number of hydrogen-bond donors (Lipinski definition) is 0. The molecule has 1 aliphatic rings. The van der Waals surface area contributed by atoms with Crippen LogP contribution in [0.15, 0.2) is 75.7 Å². The molecule has 3 heterocycles. The predicted molar refractivity (Wildman–Crippen MR) is 127 cm³/mol. The highest BCUT2D eigenvalue weighted by atomic mass is 16.5. The fourth-order valence-electron chi connectivity index (χ4n) is 4.06. The summed E-state index contributed by atoms with van der Waals surface area (Å²) in [5.41, 5.74) is 3.68. The lowest BCUT2D eigenvalue weighted by atomic mass is 10.1. The van der Waals surface area contributed by atoms with Crippen molar-refractivity contribution < 1.29 is 8.94 Å². The lowest BCUT2D eigenvalue weighted by Gasteiger charge is -2.33. The van der Waals surface area contributed by atoms with Crippen LogP contribution in [0, 0.1) is 6.92 Å². The highest BCUT2D eigenvalue weighted by Gasteiger charge is 2.23. The van der Waals surface area contributed by atoms with Gasteiger partial charge in [0.2, 0.25) is 5.89 Å². The SMILES string of the molecule is Cc1onc(-c2ccccc2)c1-c1nnc(CN2CCN(C/C=C/c3ccccc3)CC2)o1. The Morgan fingerprint density at radius 3 is 2.33 bits per heavy atom. The summed E-state index contributed by atoms with van der Waals surface area (Å²) in [4.78, 5) is 4.81. The third kappa shape index (κ3) is 5.10. The molecule has 0 bridgehead atoms. The smallest absolute Gasteiger partial charge is 0.253 e. The van der Waals surface area contributed by atoms with E-state index in [0.717, 1.165) is 49.5 Å². The molecule has 1 aliphatic heterocycles. The van der Waals surface area contributed by atoms with Crippen LogP contribution in [0.25, 0.3) is 28.8 Å². The summed E-state index contributed by atoms with van der Waals surface area (Å²) in [5, 5.41) is 12.8. The van der Waals surface area contributed by atoms with Crippen LogP contribution in [0.2, 0.25) is 0 Å². The zero-order valence-corrected chi connectivity index (χ0v) is 18.7. The van der Waals surface area contributed by atoms with Crippen LogP contribution in [0.5, 0.6) is 0 Å². The molecule has 7 nitrogen and oxygen atoms in total. The highest BCUT2D eigenvalue weighted by Crippen LogP contribution is 2.33. The van der Waals surface area contributed by atoms with Crippen molar-refractivity contribution in [2.75, 3.05) is 32.7 Å². The molecule has 168 valence electrons. The van der Waals surface area contributed by atoms with E-state index in [4.69, 9.17) is 8.94 Å². The maximum absolute atomic E-state index is 6.03. The molecule has 0 amide bonds. The largest absolute Gasteiger partial charge is 0.419 e. The Balaban J connectivity index is 1.17. The zero-order chi connectivity index (χ0) is 22.5. The summed E-state index contributed by atoms with van der Waals surface area (Å²) < 4.78 is 11.5. The summed E-state index contributed by atoms with van der Waals surface area (Å²) in [6.07, 6.45) is 4.42. The second kappa shape index (κ2) is 9.94.